The molecule has 0 fully saturated rings. The molecule has 0 aliphatic heterocycles. The van der Waals surface area contributed by atoms with Crippen LogP contribution in [-0.4, -0.2) is 30.7 Å². The van der Waals surface area contributed by atoms with Crippen LogP contribution in [0.25, 0.3) is 0 Å². The van der Waals surface area contributed by atoms with E-state index in [0.29, 0.717) is 18.8 Å². The number of para-hydroxylation sites is 1. The first-order valence-corrected chi connectivity index (χ1v) is 8.68. The van der Waals surface area contributed by atoms with E-state index in [-0.39, 0.29) is 5.96 Å². The molecule has 0 radical (unpaired) electrons. The van der Waals surface area contributed by atoms with Gasteiger partial charge in [-0.25, -0.2) is 4.79 Å². The van der Waals surface area contributed by atoms with Crippen LogP contribution in [0.5, 0.6) is 11.5 Å². The molecule has 0 aromatic heterocycles. The number of carbonyl (C=O) groups is 1. The molecule has 0 bridgehead atoms. The first-order valence-electron chi connectivity index (χ1n) is 8.68. The monoisotopic (exact) mass is 370 g/mol. The van der Waals surface area contributed by atoms with E-state index >= 15 is 0 Å². The number of rotatable bonds is 6. The van der Waals surface area contributed by atoms with Crippen LogP contribution < -0.4 is 21.1 Å². The van der Waals surface area contributed by atoms with E-state index < -0.39 is 11.7 Å². The Morgan fingerprint density at radius 1 is 1.07 bits per heavy atom. The predicted molar refractivity (Wildman–Crippen MR) is 107 cm³/mol. The van der Waals surface area contributed by atoms with Gasteiger partial charge in [0, 0.05) is 18.3 Å². The fourth-order valence-corrected chi connectivity index (χ4v) is 2.10. The third-order valence-electron chi connectivity index (χ3n) is 3.15. The predicted octanol–water partition coefficient (Wildman–Crippen LogP) is 3.73. The standard InChI is InChI=1S/C20H26N4O3/c1-20(2,3)27-19(25)23-13-12-22-18(21)24-15-8-7-11-17(14-15)26-16-9-5-4-6-10-16/h4-11,14H,12-13H2,1-3H3,(H,23,25)(H3,21,22,24). The van der Waals surface area contributed by atoms with Crippen LogP contribution in [0.1, 0.15) is 20.8 Å². The van der Waals surface area contributed by atoms with Crippen LogP contribution in [0.15, 0.2) is 59.6 Å². The van der Waals surface area contributed by atoms with Gasteiger partial charge in [-0.1, -0.05) is 24.3 Å². The summed E-state index contributed by atoms with van der Waals surface area (Å²) in [5, 5.41) is 5.62. The van der Waals surface area contributed by atoms with Crippen molar-refractivity contribution in [3.8, 4) is 11.5 Å². The number of hydrogen-bond donors (Lipinski definition) is 3. The maximum atomic E-state index is 11.5. The van der Waals surface area contributed by atoms with Crippen molar-refractivity contribution in [2.45, 2.75) is 26.4 Å². The number of nitrogens with two attached hydrogens (primary N) is 1. The van der Waals surface area contributed by atoms with E-state index in [1.807, 2.05) is 75.4 Å². The molecule has 2 rings (SSSR count). The van der Waals surface area contributed by atoms with Gasteiger partial charge < -0.3 is 25.8 Å². The molecule has 7 heteroatoms. The van der Waals surface area contributed by atoms with Crippen molar-refractivity contribution in [3.05, 3.63) is 54.6 Å². The fraction of sp³-hybridized carbons (Fsp3) is 0.300. The minimum absolute atomic E-state index is 0.248. The highest BCUT2D eigenvalue weighted by Crippen LogP contribution is 2.23. The minimum Gasteiger partial charge on any atom is -0.457 e. The van der Waals surface area contributed by atoms with Crippen molar-refractivity contribution in [2.75, 3.05) is 18.4 Å². The Morgan fingerprint density at radius 3 is 2.48 bits per heavy atom. The first kappa shape index (κ1) is 20.1. The lowest BCUT2D eigenvalue weighted by atomic mass is 10.2. The molecule has 0 spiro atoms. The number of aliphatic imine (C=N–C) groups is 1. The topological polar surface area (TPSA) is 98.0 Å². The normalized spacial score (nSPS) is 11.6. The van der Waals surface area contributed by atoms with Gasteiger partial charge in [0.05, 0.1) is 6.54 Å². The van der Waals surface area contributed by atoms with Gasteiger partial charge in [0.25, 0.3) is 0 Å². The Morgan fingerprint density at radius 2 is 1.78 bits per heavy atom. The molecular formula is C20H26N4O3. The van der Waals surface area contributed by atoms with E-state index in [9.17, 15) is 4.79 Å². The fourth-order valence-electron chi connectivity index (χ4n) is 2.10. The summed E-state index contributed by atoms with van der Waals surface area (Å²) in [6, 6.07) is 16.9. The highest BCUT2D eigenvalue weighted by molar-refractivity contribution is 5.92. The Balaban J connectivity index is 1.81. The molecule has 0 aliphatic rings. The van der Waals surface area contributed by atoms with Crippen LogP contribution in [0.2, 0.25) is 0 Å². The summed E-state index contributed by atoms with van der Waals surface area (Å²) in [6.07, 6.45) is -0.477. The van der Waals surface area contributed by atoms with Crippen molar-refractivity contribution >= 4 is 17.7 Å². The maximum Gasteiger partial charge on any atom is 0.407 e. The van der Waals surface area contributed by atoms with Gasteiger partial charge in [0.15, 0.2) is 5.96 Å². The quantitative estimate of drug-likeness (QED) is 0.409. The number of alkyl carbamates (subject to hydrolysis) is 1. The van der Waals surface area contributed by atoms with Crippen molar-refractivity contribution in [1.29, 1.82) is 0 Å². The zero-order valence-corrected chi connectivity index (χ0v) is 15.9. The second-order valence-electron chi connectivity index (χ2n) is 6.76. The van der Waals surface area contributed by atoms with Crippen LogP contribution in [0.4, 0.5) is 10.5 Å². The second kappa shape index (κ2) is 9.47. The lowest BCUT2D eigenvalue weighted by Gasteiger charge is -2.19. The number of nitrogens with zero attached hydrogens (tertiary/aromatic N) is 1. The minimum atomic E-state index is -0.527. The van der Waals surface area contributed by atoms with Crippen molar-refractivity contribution < 1.29 is 14.3 Å². The second-order valence-corrected chi connectivity index (χ2v) is 6.76. The van der Waals surface area contributed by atoms with E-state index in [1.165, 1.54) is 0 Å². The summed E-state index contributed by atoms with van der Waals surface area (Å²) in [5.41, 5.74) is 6.11. The number of guanidine groups is 1. The molecule has 7 nitrogen and oxygen atoms in total. The van der Waals surface area contributed by atoms with Crippen molar-refractivity contribution in [3.63, 3.8) is 0 Å². The largest absolute Gasteiger partial charge is 0.457 e. The molecule has 4 N–H and O–H groups in total. The molecule has 2 aromatic rings. The number of hydrogen-bond acceptors (Lipinski definition) is 4. The number of benzene rings is 2. The molecule has 2 aromatic carbocycles. The smallest absolute Gasteiger partial charge is 0.407 e. The number of ether oxygens (including phenoxy) is 2. The summed E-state index contributed by atoms with van der Waals surface area (Å²) in [6.45, 7) is 6.08. The summed E-state index contributed by atoms with van der Waals surface area (Å²) >= 11 is 0. The number of anilines is 1. The highest BCUT2D eigenvalue weighted by atomic mass is 16.6. The summed E-state index contributed by atoms with van der Waals surface area (Å²) in [7, 11) is 0. The number of amides is 1. The third kappa shape index (κ3) is 8.13. The summed E-state index contributed by atoms with van der Waals surface area (Å²) in [5.74, 6) is 1.69. The zero-order valence-electron chi connectivity index (χ0n) is 15.9. The third-order valence-corrected chi connectivity index (χ3v) is 3.15. The molecule has 1 amide bonds. The van der Waals surface area contributed by atoms with Gasteiger partial charge in [-0.2, -0.15) is 0 Å². The molecular weight excluding hydrogens is 344 g/mol. The molecule has 0 aliphatic carbocycles. The van der Waals surface area contributed by atoms with E-state index in [2.05, 4.69) is 15.6 Å². The van der Waals surface area contributed by atoms with Gasteiger partial charge in [0.1, 0.15) is 17.1 Å². The summed E-state index contributed by atoms with van der Waals surface area (Å²) in [4.78, 5) is 15.7. The highest BCUT2D eigenvalue weighted by Gasteiger charge is 2.15. The zero-order chi connectivity index (χ0) is 19.7. The van der Waals surface area contributed by atoms with Crippen molar-refractivity contribution in [1.82, 2.24) is 5.32 Å². The van der Waals surface area contributed by atoms with Crippen molar-refractivity contribution in [2.24, 2.45) is 10.7 Å². The molecule has 144 valence electrons. The molecule has 0 atom stereocenters. The average Bonchev–Trinajstić information content (AvgIpc) is 2.58. The van der Waals surface area contributed by atoms with E-state index in [0.717, 1.165) is 11.4 Å². The van der Waals surface area contributed by atoms with Gasteiger partial charge in [-0.15, -0.1) is 0 Å². The molecule has 0 saturated carbocycles. The Hall–Kier alpha value is -3.22. The molecule has 0 saturated heterocycles. The van der Waals surface area contributed by atoms with Gasteiger partial charge in [0.2, 0.25) is 0 Å². The Kier molecular flexibility index (Phi) is 7.05. The van der Waals surface area contributed by atoms with Gasteiger partial charge >= 0.3 is 6.09 Å². The van der Waals surface area contributed by atoms with E-state index in [1.54, 1.807) is 0 Å². The van der Waals surface area contributed by atoms with Gasteiger partial charge in [-0.05, 0) is 45.0 Å². The Labute approximate surface area is 159 Å². The van der Waals surface area contributed by atoms with E-state index in [4.69, 9.17) is 15.2 Å². The summed E-state index contributed by atoms with van der Waals surface area (Å²) < 4.78 is 10.9. The Bertz CT molecular complexity index is 770. The number of nitrogens with one attached hydrogen (secondary N) is 2. The SMILES string of the molecule is CC(C)(C)OC(=O)NCCN=C(N)Nc1cccc(Oc2ccccc2)c1. The molecule has 0 heterocycles. The van der Waals surface area contributed by atoms with Crippen LogP contribution in [-0.2, 0) is 4.74 Å². The van der Waals surface area contributed by atoms with Crippen LogP contribution in [0, 0.1) is 0 Å². The van der Waals surface area contributed by atoms with Crippen LogP contribution >= 0.6 is 0 Å². The lowest BCUT2D eigenvalue weighted by Crippen LogP contribution is -2.34. The first-order chi connectivity index (χ1) is 12.8. The average molecular weight is 370 g/mol. The van der Waals surface area contributed by atoms with Crippen LogP contribution in [0.3, 0.4) is 0 Å². The maximum absolute atomic E-state index is 11.5. The lowest BCUT2D eigenvalue weighted by molar-refractivity contribution is 0.0529. The molecule has 27 heavy (non-hydrogen) atoms. The van der Waals surface area contributed by atoms with Gasteiger partial charge in [-0.3, -0.25) is 4.99 Å². The number of carbonyl (C=O) groups excluding carboxylic acids is 1. The molecule has 0 unspecified atom stereocenters.